The van der Waals surface area contributed by atoms with E-state index in [1.165, 1.54) is 37.3 Å². The third kappa shape index (κ3) is 4.07. The van der Waals surface area contributed by atoms with Crippen LogP contribution in [0.5, 0.6) is 0 Å². The molecular weight excluding hydrogens is 337 g/mol. The molecule has 2 unspecified atom stereocenters. The summed E-state index contributed by atoms with van der Waals surface area (Å²) in [4.78, 5) is 16.8. The van der Waals surface area contributed by atoms with Crippen molar-refractivity contribution in [1.29, 1.82) is 0 Å². The van der Waals surface area contributed by atoms with E-state index < -0.39 is 0 Å². The molecule has 1 aromatic carbocycles. The lowest BCUT2D eigenvalue weighted by molar-refractivity contribution is -0.121. The first-order valence-corrected chi connectivity index (χ1v) is 10.3. The largest absolute Gasteiger partial charge is 0.300 e. The number of aromatic nitrogens is 1. The lowest BCUT2D eigenvalue weighted by atomic mass is 9.85. The third-order valence-corrected chi connectivity index (χ3v) is 6.53. The number of fused-ring (bicyclic) bond motifs is 2. The van der Waals surface area contributed by atoms with E-state index in [9.17, 15) is 9.18 Å². The normalized spacial score (nSPS) is 27.9. The fourth-order valence-electron chi connectivity index (χ4n) is 5.64. The molecular formula is C24H30FNO. The summed E-state index contributed by atoms with van der Waals surface area (Å²) in [7, 11) is 0. The topological polar surface area (TPSA) is 30.0 Å². The highest BCUT2D eigenvalue weighted by molar-refractivity contribution is 5.82. The number of rotatable bonds is 4. The van der Waals surface area contributed by atoms with Gasteiger partial charge in [0, 0.05) is 24.4 Å². The highest BCUT2D eigenvalue weighted by Gasteiger charge is 2.42. The summed E-state index contributed by atoms with van der Waals surface area (Å²) < 4.78 is 13.8. The summed E-state index contributed by atoms with van der Waals surface area (Å²) >= 11 is 0. The van der Waals surface area contributed by atoms with Crippen LogP contribution in [-0.2, 0) is 4.79 Å². The van der Waals surface area contributed by atoms with Crippen molar-refractivity contribution in [2.45, 2.75) is 65.2 Å². The number of pyridine rings is 1. The average molecular weight is 368 g/mol. The number of halogens is 1. The molecule has 2 fully saturated rings. The Bertz CT molecular complexity index is 839. The molecule has 2 aliphatic carbocycles. The maximum atomic E-state index is 13.8. The summed E-state index contributed by atoms with van der Waals surface area (Å²) in [5, 5.41) is 0.972. The van der Waals surface area contributed by atoms with E-state index in [0.717, 1.165) is 29.2 Å². The number of ketones is 1. The van der Waals surface area contributed by atoms with Crippen LogP contribution in [0.4, 0.5) is 4.39 Å². The Labute approximate surface area is 161 Å². The Balaban J connectivity index is 1.42. The van der Waals surface area contributed by atoms with Crippen molar-refractivity contribution < 1.29 is 9.18 Å². The molecule has 1 aromatic heterocycles. The van der Waals surface area contributed by atoms with Gasteiger partial charge in [0.05, 0.1) is 5.52 Å². The van der Waals surface area contributed by atoms with Gasteiger partial charge in [-0.3, -0.25) is 9.78 Å². The molecule has 3 heteroatoms. The number of carbonyl (C=O) groups is 1. The highest BCUT2D eigenvalue weighted by atomic mass is 19.1. The molecule has 0 radical (unpaired) electrons. The molecule has 2 aliphatic rings. The molecule has 0 amide bonds. The molecule has 4 atom stereocenters. The zero-order valence-corrected chi connectivity index (χ0v) is 16.7. The second-order valence-electron chi connectivity index (χ2n) is 10.1. The van der Waals surface area contributed by atoms with Crippen LogP contribution in [0.3, 0.4) is 0 Å². The van der Waals surface area contributed by atoms with E-state index in [1.54, 1.807) is 12.1 Å². The van der Waals surface area contributed by atoms with Crippen molar-refractivity contribution in [3.05, 3.63) is 41.8 Å². The molecule has 0 N–H and O–H groups in total. The van der Waals surface area contributed by atoms with E-state index >= 15 is 0 Å². The Hall–Kier alpha value is -1.77. The van der Waals surface area contributed by atoms with E-state index in [-0.39, 0.29) is 11.2 Å². The molecule has 0 saturated heterocycles. The molecule has 2 aromatic rings. The number of benzene rings is 1. The van der Waals surface area contributed by atoms with Crippen LogP contribution >= 0.6 is 0 Å². The first-order valence-electron chi connectivity index (χ1n) is 10.3. The second-order valence-corrected chi connectivity index (χ2v) is 10.1. The van der Waals surface area contributed by atoms with E-state index in [4.69, 9.17) is 0 Å². The predicted octanol–water partition coefficient (Wildman–Crippen LogP) is 6.29. The fraction of sp³-hybridized carbons (Fsp3) is 0.583. The molecule has 144 valence electrons. The molecule has 0 bridgehead atoms. The minimum absolute atomic E-state index is 0.0916. The van der Waals surface area contributed by atoms with Gasteiger partial charge in [0.1, 0.15) is 11.6 Å². The van der Waals surface area contributed by atoms with Crippen LogP contribution in [0.15, 0.2) is 30.5 Å². The standard InChI is InChI=1S/C24H30FNO/c1-24(2,3)14-20(27)10-15-8-16-11-18(12-17(16)9-15)21-6-7-26-23-5-4-19(25)13-22(21)23/h4-7,13,15-18H,8-12,14H2,1-3H3/t15?,16-,17+,18?. The van der Waals surface area contributed by atoms with Crippen molar-refractivity contribution >= 4 is 16.7 Å². The van der Waals surface area contributed by atoms with Crippen molar-refractivity contribution in [3.8, 4) is 0 Å². The second kappa shape index (κ2) is 7.00. The minimum atomic E-state index is -0.188. The first kappa shape index (κ1) is 18.6. The molecule has 27 heavy (non-hydrogen) atoms. The summed E-state index contributed by atoms with van der Waals surface area (Å²) in [6.07, 6.45) is 8.03. The number of hydrogen-bond acceptors (Lipinski definition) is 2. The van der Waals surface area contributed by atoms with Gasteiger partial charge in [-0.2, -0.15) is 0 Å². The summed E-state index contributed by atoms with van der Waals surface area (Å²) in [5.41, 5.74) is 2.24. The molecule has 0 spiro atoms. The first-order chi connectivity index (χ1) is 12.8. The van der Waals surface area contributed by atoms with Gasteiger partial charge in [0.15, 0.2) is 0 Å². The molecule has 1 heterocycles. The zero-order chi connectivity index (χ0) is 19.2. The number of hydrogen-bond donors (Lipinski definition) is 0. The van der Waals surface area contributed by atoms with Crippen LogP contribution in [0.1, 0.15) is 70.8 Å². The van der Waals surface area contributed by atoms with Gasteiger partial charge < -0.3 is 0 Å². The summed E-state index contributed by atoms with van der Waals surface area (Å²) in [6, 6.07) is 6.99. The Morgan fingerprint density at radius 1 is 1.11 bits per heavy atom. The Kier molecular flexibility index (Phi) is 4.82. The predicted molar refractivity (Wildman–Crippen MR) is 107 cm³/mol. The lowest BCUT2D eigenvalue weighted by Crippen LogP contribution is -2.15. The number of nitrogens with zero attached hydrogens (tertiary/aromatic N) is 1. The molecule has 0 aliphatic heterocycles. The maximum Gasteiger partial charge on any atom is 0.133 e. The smallest absolute Gasteiger partial charge is 0.133 e. The van der Waals surface area contributed by atoms with Crippen molar-refractivity contribution in [3.63, 3.8) is 0 Å². The van der Waals surface area contributed by atoms with Gasteiger partial charge >= 0.3 is 0 Å². The average Bonchev–Trinajstić information content (AvgIpc) is 3.10. The Morgan fingerprint density at radius 3 is 2.48 bits per heavy atom. The van der Waals surface area contributed by atoms with E-state index in [2.05, 4.69) is 31.8 Å². The van der Waals surface area contributed by atoms with Crippen molar-refractivity contribution in [2.24, 2.45) is 23.2 Å². The van der Waals surface area contributed by atoms with Gasteiger partial charge in [-0.05, 0) is 84.6 Å². The van der Waals surface area contributed by atoms with Crippen molar-refractivity contribution in [2.75, 3.05) is 0 Å². The minimum Gasteiger partial charge on any atom is -0.300 e. The number of Topliss-reactive ketones (excluding diaryl/α,β-unsaturated/α-hetero) is 1. The van der Waals surface area contributed by atoms with Crippen LogP contribution in [0.25, 0.3) is 10.9 Å². The monoisotopic (exact) mass is 367 g/mol. The van der Waals surface area contributed by atoms with Gasteiger partial charge in [0.25, 0.3) is 0 Å². The van der Waals surface area contributed by atoms with Gasteiger partial charge in [-0.1, -0.05) is 20.8 Å². The molecule has 2 saturated carbocycles. The van der Waals surface area contributed by atoms with Crippen LogP contribution < -0.4 is 0 Å². The summed E-state index contributed by atoms with van der Waals surface area (Å²) in [6.45, 7) is 6.42. The van der Waals surface area contributed by atoms with E-state index in [1.807, 2.05) is 6.20 Å². The lowest BCUT2D eigenvalue weighted by Gasteiger charge is -2.19. The SMILES string of the molecule is CC(C)(C)CC(=O)CC1C[C@@H]2CC(c3ccnc4ccc(F)cc34)C[C@@H]2C1. The van der Waals surface area contributed by atoms with Crippen LogP contribution in [-0.4, -0.2) is 10.8 Å². The van der Waals surface area contributed by atoms with Crippen LogP contribution in [0, 0.1) is 29.0 Å². The number of carbonyl (C=O) groups excluding carboxylic acids is 1. The quantitative estimate of drug-likeness (QED) is 0.636. The van der Waals surface area contributed by atoms with Gasteiger partial charge in [-0.15, -0.1) is 0 Å². The highest BCUT2D eigenvalue weighted by Crippen LogP contribution is 2.54. The van der Waals surface area contributed by atoms with Gasteiger partial charge in [-0.25, -0.2) is 4.39 Å². The summed E-state index contributed by atoms with van der Waals surface area (Å²) in [5.74, 6) is 2.76. The maximum absolute atomic E-state index is 13.8. The van der Waals surface area contributed by atoms with Crippen LogP contribution in [0.2, 0.25) is 0 Å². The Morgan fingerprint density at radius 2 is 1.81 bits per heavy atom. The van der Waals surface area contributed by atoms with E-state index in [0.29, 0.717) is 24.0 Å². The molecule has 4 rings (SSSR count). The van der Waals surface area contributed by atoms with Crippen molar-refractivity contribution in [1.82, 2.24) is 4.98 Å². The van der Waals surface area contributed by atoms with Gasteiger partial charge in [0.2, 0.25) is 0 Å². The third-order valence-electron chi connectivity index (χ3n) is 6.53. The molecule has 2 nitrogen and oxygen atoms in total. The fourth-order valence-corrected chi connectivity index (χ4v) is 5.64. The zero-order valence-electron chi connectivity index (χ0n) is 16.7.